The molecule has 9 aromatic rings. The zero-order valence-electron chi connectivity index (χ0n) is 24.6. The lowest BCUT2D eigenvalue weighted by atomic mass is 9.99. The van der Waals surface area contributed by atoms with Crippen LogP contribution in [0.5, 0.6) is 0 Å². The number of fused-ring (bicyclic) bond motifs is 4. The summed E-state index contributed by atoms with van der Waals surface area (Å²) in [5, 5.41) is 3.50. The Kier molecular flexibility index (Phi) is 6.51. The van der Waals surface area contributed by atoms with Crippen molar-refractivity contribution >= 4 is 53.1 Å². The Morgan fingerprint density at radius 3 is 1.85 bits per heavy atom. The zero-order valence-corrected chi connectivity index (χ0v) is 26.2. The van der Waals surface area contributed by atoms with Gasteiger partial charge in [-0.25, -0.2) is 15.0 Å². The molecule has 216 valence electrons. The standard InChI is InChI=1S/C41H25N3S2/c1-3-10-26(11-4-1)27-18-20-28(21-19-27)34-25-35(43-40(42-34)29-12-5-2-6-13-29)31-14-9-17-37-39(31)32-23-22-30(24-38(32)45-37)41-44-33-15-7-8-16-36(33)46-41/h1-25H. The van der Waals surface area contributed by atoms with Gasteiger partial charge in [0.15, 0.2) is 5.82 Å². The van der Waals surface area contributed by atoms with Crippen LogP contribution in [0.2, 0.25) is 0 Å². The normalized spacial score (nSPS) is 11.5. The molecule has 5 heteroatoms. The Morgan fingerprint density at radius 1 is 0.391 bits per heavy atom. The third-order valence-corrected chi connectivity index (χ3v) is 10.6. The van der Waals surface area contributed by atoms with Gasteiger partial charge < -0.3 is 0 Å². The lowest BCUT2D eigenvalue weighted by Gasteiger charge is -2.11. The second-order valence-electron chi connectivity index (χ2n) is 11.2. The summed E-state index contributed by atoms with van der Waals surface area (Å²) in [5.41, 5.74) is 9.55. The quantitative estimate of drug-likeness (QED) is 0.191. The SMILES string of the molecule is c1ccc(-c2ccc(-c3cc(-c4cccc5sc6cc(-c7nc8ccccc8s7)ccc6c45)nc(-c4ccccc4)n3)cc2)cc1. The van der Waals surface area contributed by atoms with Gasteiger partial charge in [-0.15, -0.1) is 22.7 Å². The van der Waals surface area contributed by atoms with Gasteiger partial charge in [0, 0.05) is 42.4 Å². The number of para-hydroxylation sites is 1. The van der Waals surface area contributed by atoms with Gasteiger partial charge in [0.05, 0.1) is 21.6 Å². The van der Waals surface area contributed by atoms with Crippen LogP contribution >= 0.6 is 22.7 Å². The fraction of sp³-hybridized carbons (Fsp3) is 0. The molecule has 0 N–H and O–H groups in total. The van der Waals surface area contributed by atoms with Crippen LogP contribution < -0.4 is 0 Å². The van der Waals surface area contributed by atoms with Crippen molar-refractivity contribution in [2.75, 3.05) is 0 Å². The Hall–Kier alpha value is -5.49. The van der Waals surface area contributed by atoms with Crippen LogP contribution in [-0.2, 0) is 0 Å². The molecule has 0 aliphatic rings. The predicted molar refractivity (Wildman–Crippen MR) is 195 cm³/mol. The highest BCUT2D eigenvalue weighted by atomic mass is 32.1. The largest absolute Gasteiger partial charge is 0.236 e. The number of rotatable bonds is 5. The van der Waals surface area contributed by atoms with Crippen LogP contribution in [0, 0.1) is 0 Å². The minimum Gasteiger partial charge on any atom is -0.236 e. The van der Waals surface area contributed by atoms with Crippen molar-refractivity contribution in [2.24, 2.45) is 0 Å². The fourth-order valence-corrected chi connectivity index (χ4v) is 8.21. The predicted octanol–water partition coefficient (Wildman–Crippen LogP) is 11.8. The molecule has 0 fully saturated rings. The average molecular weight is 624 g/mol. The maximum atomic E-state index is 5.18. The highest BCUT2D eigenvalue weighted by molar-refractivity contribution is 7.26. The molecule has 0 atom stereocenters. The molecule has 0 aliphatic carbocycles. The number of benzene rings is 6. The summed E-state index contributed by atoms with van der Waals surface area (Å²) < 4.78 is 3.69. The van der Waals surface area contributed by atoms with E-state index in [1.165, 1.54) is 36.0 Å². The molecular formula is C41H25N3S2. The molecule has 0 saturated carbocycles. The van der Waals surface area contributed by atoms with Crippen LogP contribution in [0.25, 0.3) is 86.0 Å². The summed E-state index contributed by atoms with van der Waals surface area (Å²) in [6.45, 7) is 0. The van der Waals surface area contributed by atoms with Crippen LogP contribution in [0.15, 0.2) is 152 Å². The lowest BCUT2D eigenvalue weighted by Crippen LogP contribution is -1.96. The minimum absolute atomic E-state index is 0.717. The molecule has 9 rings (SSSR count). The van der Waals surface area contributed by atoms with E-state index in [1.807, 2.05) is 41.7 Å². The van der Waals surface area contributed by atoms with E-state index in [2.05, 4.69) is 121 Å². The van der Waals surface area contributed by atoms with Crippen LogP contribution in [0.1, 0.15) is 0 Å². The van der Waals surface area contributed by atoms with Gasteiger partial charge in [-0.2, -0.15) is 0 Å². The van der Waals surface area contributed by atoms with E-state index in [0.717, 1.165) is 50.0 Å². The van der Waals surface area contributed by atoms with Gasteiger partial charge in [-0.1, -0.05) is 121 Å². The number of thiazole rings is 1. The first-order chi connectivity index (χ1) is 22.8. The highest BCUT2D eigenvalue weighted by Gasteiger charge is 2.17. The van der Waals surface area contributed by atoms with Gasteiger partial charge >= 0.3 is 0 Å². The lowest BCUT2D eigenvalue weighted by molar-refractivity contribution is 1.19. The topological polar surface area (TPSA) is 38.7 Å². The second kappa shape index (κ2) is 11.1. The molecule has 6 aromatic carbocycles. The molecule has 3 nitrogen and oxygen atoms in total. The van der Waals surface area contributed by atoms with E-state index >= 15 is 0 Å². The number of nitrogens with zero attached hydrogens (tertiary/aromatic N) is 3. The molecular weight excluding hydrogens is 599 g/mol. The van der Waals surface area contributed by atoms with Crippen LogP contribution in [-0.4, -0.2) is 15.0 Å². The van der Waals surface area contributed by atoms with Crippen molar-refractivity contribution in [3.63, 3.8) is 0 Å². The summed E-state index contributed by atoms with van der Waals surface area (Å²) >= 11 is 3.56. The van der Waals surface area contributed by atoms with Gasteiger partial charge in [-0.3, -0.25) is 0 Å². The first-order valence-corrected chi connectivity index (χ1v) is 16.8. The molecule has 46 heavy (non-hydrogen) atoms. The monoisotopic (exact) mass is 623 g/mol. The molecule has 0 unspecified atom stereocenters. The summed E-state index contributed by atoms with van der Waals surface area (Å²) in [5.74, 6) is 0.717. The summed E-state index contributed by atoms with van der Waals surface area (Å²) in [6.07, 6.45) is 0. The van der Waals surface area contributed by atoms with E-state index in [4.69, 9.17) is 15.0 Å². The maximum Gasteiger partial charge on any atom is 0.160 e. The Labute approximate surface area is 274 Å². The molecule has 0 bridgehead atoms. The Morgan fingerprint density at radius 2 is 1.04 bits per heavy atom. The van der Waals surface area contributed by atoms with Crippen molar-refractivity contribution in [3.8, 4) is 55.6 Å². The Balaban J connectivity index is 1.19. The molecule has 0 amide bonds. The first kappa shape index (κ1) is 26.9. The summed E-state index contributed by atoms with van der Waals surface area (Å²) in [6, 6.07) is 53.1. The Bertz CT molecular complexity index is 2480. The molecule has 0 radical (unpaired) electrons. The molecule has 3 aromatic heterocycles. The van der Waals surface area contributed by atoms with E-state index in [9.17, 15) is 0 Å². The third kappa shape index (κ3) is 4.78. The van der Waals surface area contributed by atoms with Gasteiger partial charge in [0.2, 0.25) is 0 Å². The van der Waals surface area contributed by atoms with Gasteiger partial charge in [0.1, 0.15) is 5.01 Å². The number of hydrogen-bond donors (Lipinski definition) is 0. The molecule has 0 spiro atoms. The van der Waals surface area contributed by atoms with Gasteiger partial charge in [-0.05, 0) is 41.5 Å². The van der Waals surface area contributed by atoms with E-state index in [0.29, 0.717) is 0 Å². The van der Waals surface area contributed by atoms with E-state index in [-0.39, 0.29) is 0 Å². The summed E-state index contributed by atoms with van der Waals surface area (Å²) in [4.78, 5) is 15.2. The summed E-state index contributed by atoms with van der Waals surface area (Å²) in [7, 11) is 0. The van der Waals surface area contributed by atoms with Crippen molar-refractivity contribution in [3.05, 3.63) is 152 Å². The number of hydrogen-bond acceptors (Lipinski definition) is 5. The van der Waals surface area contributed by atoms with Gasteiger partial charge in [0.25, 0.3) is 0 Å². The van der Waals surface area contributed by atoms with Crippen molar-refractivity contribution in [1.82, 2.24) is 15.0 Å². The first-order valence-electron chi connectivity index (χ1n) is 15.2. The number of aromatic nitrogens is 3. The van der Waals surface area contributed by atoms with E-state index in [1.54, 1.807) is 11.3 Å². The fourth-order valence-electron chi connectivity index (χ4n) is 6.08. The molecule has 3 heterocycles. The molecule has 0 saturated heterocycles. The van der Waals surface area contributed by atoms with Crippen molar-refractivity contribution in [2.45, 2.75) is 0 Å². The van der Waals surface area contributed by atoms with E-state index < -0.39 is 0 Å². The third-order valence-electron chi connectivity index (χ3n) is 8.36. The number of thiophene rings is 1. The smallest absolute Gasteiger partial charge is 0.160 e. The van der Waals surface area contributed by atoms with Crippen molar-refractivity contribution < 1.29 is 0 Å². The minimum atomic E-state index is 0.717. The highest BCUT2D eigenvalue weighted by Crippen LogP contribution is 2.42. The average Bonchev–Trinajstić information content (AvgIpc) is 3.74. The molecule has 0 aliphatic heterocycles. The zero-order chi connectivity index (χ0) is 30.5. The second-order valence-corrected chi connectivity index (χ2v) is 13.4. The van der Waals surface area contributed by atoms with Crippen LogP contribution in [0.3, 0.4) is 0 Å². The van der Waals surface area contributed by atoms with Crippen molar-refractivity contribution in [1.29, 1.82) is 0 Å². The maximum absolute atomic E-state index is 5.18. The van der Waals surface area contributed by atoms with Crippen LogP contribution in [0.4, 0.5) is 0 Å².